The van der Waals surface area contributed by atoms with E-state index in [0.717, 1.165) is 19.3 Å². The van der Waals surface area contributed by atoms with Gasteiger partial charge in [0, 0.05) is 12.6 Å². The van der Waals surface area contributed by atoms with E-state index in [2.05, 4.69) is 16.0 Å². The zero-order valence-electron chi connectivity index (χ0n) is 12.0. The standard InChI is InChI=1S/C14H27N3O2/c1-2-9-16-13(18)10-15-11-14(19)17-12-7-5-3-4-6-8-12/h12,15H,2-11H2,1H3,(H,16,18)(H,17,19). The normalized spacial score (nSPS) is 16.7. The number of carbonyl (C=O) groups excluding carboxylic acids is 2. The third-order valence-corrected chi connectivity index (χ3v) is 3.36. The molecular formula is C14H27N3O2. The van der Waals surface area contributed by atoms with Gasteiger partial charge in [0.2, 0.25) is 11.8 Å². The van der Waals surface area contributed by atoms with Crippen molar-refractivity contribution in [3.05, 3.63) is 0 Å². The highest BCUT2D eigenvalue weighted by Gasteiger charge is 2.14. The lowest BCUT2D eigenvalue weighted by Crippen LogP contribution is -2.43. The van der Waals surface area contributed by atoms with Crippen molar-refractivity contribution in [2.24, 2.45) is 0 Å². The Morgan fingerprint density at radius 2 is 1.63 bits per heavy atom. The molecule has 0 aromatic heterocycles. The fourth-order valence-electron chi connectivity index (χ4n) is 2.32. The number of rotatable bonds is 7. The molecule has 0 atom stereocenters. The summed E-state index contributed by atoms with van der Waals surface area (Å²) < 4.78 is 0. The number of hydrogen-bond acceptors (Lipinski definition) is 3. The van der Waals surface area contributed by atoms with Crippen molar-refractivity contribution in [3.8, 4) is 0 Å². The molecule has 2 amide bonds. The van der Waals surface area contributed by atoms with E-state index in [-0.39, 0.29) is 24.9 Å². The van der Waals surface area contributed by atoms with Gasteiger partial charge in [0.25, 0.3) is 0 Å². The van der Waals surface area contributed by atoms with Gasteiger partial charge >= 0.3 is 0 Å². The van der Waals surface area contributed by atoms with E-state index < -0.39 is 0 Å². The SMILES string of the molecule is CCCNC(=O)CNCC(=O)NC1CCCCCC1. The second-order valence-corrected chi connectivity index (χ2v) is 5.21. The summed E-state index contributed by atoms with van der Waals surface area (Å²) >= 11 is 0. The molecule has 0 aromatic rings. The van der Waals surface area contributed by atoms with E-state index in [9.17, 15) is 9.59 Å². The molecule has 5 heteroatoms. The second-order valence-electron chi connectivity index (χ2n) is 5.21. The topological polar surface area (TPSA) is 70.2 Å². The highest BCUT2D eigenvalue weighted by molar-refractivity contribution is 5.81. The van der Waals surface area contributed by atoms with Crippen LogP contribution in [0.2, 0.25) is 0 Å². The lowest BCUT2D eigenvalue weighted by Gasteiger charge is -2.16. The molecule has 19 heavy (non-hydrogen) atoms. The molecule has 5 nitrogen and oxygen atoms in total. The highest BCUT2D eigenvalue weighted by atomic mass is 16.2. The van der Waals surface area contributed by atoms with Crippen molar-refractivity contribution in [1.82, 2.24) is 16.0 Å². The fraction of sp³-hybridized carbons (Fsp3) is 0.857. The summed E-state index contributed by atoms with van der Waals surface area (Å²) in [5.41, 5.74) is 0. The van der Waals surface area contributed by atoms with Crippen LogP contribution < -0.4 is 16.0 Å². The van der Waals surface area contributed by atoms with Crippen LogP contribution in [-0.4, -0.2) is 37.5 Å². The lowest BCUT2D eigenvalue weighted by molar-refractivity contribution is -0.121. The number of hydrogen-bond donors (Lipinski definition) is 3. The Bertz CT molecular complexity index is 274. The molecule has 1 fully saturated rings. The molecule has 0 heterocycles. The Kier molecular flexibility index (Phi) is 8.21. The second kappa shape index (κ2) is 9.78. The van der Waals surface area contributed by atoms with Crippen molar-refractivity contribution < 1.29 is 9.59 Å². The van der Waals surface area contributed by atoms with Gasteiger partial charge < -0.3 is 10.6 Å². The van der Waals surface area contributed by atoms with Crippen LogP contribution in [0.25, 0.3) is 0 Å². The molecule has 0 radical (unpaired) electrons. The molecule has 0 bridgehead atoms. The molecule has 0 unspecified atom stereocenters. The molecule has 1 rings (SSSR count). The minimum atomic E-state index is -0.0517. The average molecular weight is 269 g/mol. The van der Waals surface area contributed by atoms with E-state index in [4.69, 9.17) is 0 Å². The van der Waals surface area contributed by atoms with E-state index in [1.54, 1.807) is 0 Å². The van der Waals surface area contributed by atoms with E-state index in [1.165, 1.54) is 25.7 Å². The average Bonchev–Trinajstić information content (AvgIpc) is 2.65. The molecular weight excluding hydrogens is 242 g/mol. The summed E-state index contributed by atoms with van der Waals surface area (Å²) in [5, 5.41) is 8.68. The zero-order valence-corrected chi connectivity index (χ0v) is 12.0. The first-order chi connectivity index (χ1) is 9.22. The van der Waals surface area contributed by atoms with Crippen LogP contribution in [-0.2, 0) is 9.59 Å². The highest BCUT2D eigenvalue weighted by Crippen LogP contribution is 2.16. The maximum atomic E-state index is 11.7. The monoisotopic (exact) mass is 269 g/mol. The predicted octanol–water partition coefficient (Wildman–Crippen LogP) is 0.941. The summed E-state index contributed by atoms with van der Waals surface area (Å²) in [4.78, 5) is 23.0. The van der Waals surface area contributed by atoms with Gasteiger partial charge in [-0.15, -0.1) is 0 Å². The summed E-state index contributed by atoms with van der Waals surface area (Å²) in [7, 11) is 0. The van der Waals surface area contributed by atoms with Crippen LogP contribution in [0.15, 0.2) is 0 Å². The third kappa shape index (κ3) is 7.82. The van der Waals surface area contributed by atoms with Crippen molar-refractivity contribution in [2.75, 3.05) is 19.6 Å². The summed E-state index contributed by atoms with van der Waals surface area (Å²) in [6.45, 7) is 3.12. The van der Waals surface area contributed by atoms with Crippen LogP contribution in [0.3, 0.4) is 0 Å². The van der Waals surface area contributed by atoms with Gasteiger partial charge in [-0.25, -0.2) is 0 Å². The van der Waals surface area contributed by atoms with Crippen molar-refractivity contribution in [1.29, 1.82) is 0 Å². The summed E-state index contributed by atoms with van der Waals surface area (Å²) in [5.74, 6) is -0.0562. The van der Waals surface area contributed by atoms with Gasteiger partial charge in [0.05, 0.1) is 13.1 Å². The van der Waals surface area contributed by atoms with Gasteiger partial charge in [-0.3, -0.25) is 14.9 Å². The first-order valence-electron chi connectivity index (χ1n) is 7.49. The maximum absolute atomic E-state index is 11.7. The van der Waals surface area contributed by atoms with Crippen LogP contribution in [0.5, 0.6) is 0 Å². The molecule has 0 aromatic carbocycles. The minimum Gasteiger partial charge on any atom is -0.355 e. The van der Waals surface area contributed by atoms with Crippen molar-refractivity contribution in [2.45, 2.75) is 57.9 Å². The van der Waals surface area contributed by atoms with Crippen LogP contribution >= 0.6 is 0 Å². The number of nitrogens with one attached hydrogen (secondary N) is 3. The molecule has 1 saturated carbocycles. The Balaban J connectivity index is 2.08. The van der Waals surface area contributed by atoms with E-state index in [0.29, 0.717) is 12.6 Å². The van der Waals surface area contributed by atoms with E-state index in [1.807, 2.05) is 6.92 Å². The van der Waals surface area contributed by atoms with Crippen LogP contribution in [0, 0.1) is 0 Å². The molecule has 1 aliphatic rings. The molecule has 0 saturated heterocycles. The smallest absolute Gasteiger partial charge is 0.234 e. The van der Waals surface area contributed by atoms with Gasteiger partial charge in [0.15, 0.2) is 0 Å². The molecule has 1 aliphatic carbocycles. The largest absolute Gasteiger partial charge is 0.355 e. The molecule has 110 valence electrons. The first kappa shape index (κ1) is 16.0. The fourth-order valence-corrected chi connectivity index (χ4v) is 2.32. The quantitative estimate of drug-likeness (QED) is 0.602. The Morgan fingerprint density at radius 1 is 1.00 bits per heavy atom. The predicted molar refractivity (Wildman–Crippen MR) is 75.8 cm³/mol. The zero-order chi connectivity index (χ0) is 13.9. The van der Waals surface area contributed by atoms with Gasteiger partial charge in [-0.2, -0.15) is 0 Å². The molecule has 3 N–H and O–H groups in total. The van der Waals surface area contributed by atoms with Gasteiger partial charge in [-0.1, -0.05) is 32.6 Å². The van der Waals surface area contributed by atoms with Gasteiger partial charge in [0.1, 0.15) is 0 Å². The molecule has 0 aliphatic heterocycles. The lowest BCUT2D eigenvalue weighted by atomic mass is 10.1. The third-order valence-electron chi connectivity index (χ3n) is 3.36. The summed E-state index contributed by atoms with van der Waals surface area (Å²) in [6, 6.07) is 0.325. The van der Waals surface area contributed by atoms with Crippen LogP contribution in [0.1, 0.15) is 51.9 Å². The minimum absolute atomic E-state index is 0.00445. The number of carbonyl (C=O) groups is 2. The van der Waals surface area contributed by atoms with E-state index >= 15 is 0 Å². The Labute approximate surface area is 115 Å². The van der Waals surface area contributed by atoms with Crippen molar-refractivity contribution >= 4 is 11.8 Å². The van der Waals surface area contributed by atoms with Crippen LogP contribution in [0.4, 0.5) is 0 Å². The first-order valence-corrected chi connectivity index (χ1v) is 7.49. The Hall–Kier alpha value is -1.10. The maximum Gasteiger partial charge on any atom is 0.234 e. The van der Waals surface area contributed by atoms with Gasteiger partial charge in [-0.05, 0) is 19.3 Å². The molecule has 0 spiro atoms. The Morgan fingerprint density at radius 3 is 2.26 bits per heavy atom. The van der Waals surface area contributed by atoms with Crippen molar-refractivity contribution in [3.63, 3.8) is 0 Å². The number of amides is 2. The summed E-state index contributed by atoms with van der Waals surface area (Å²) in [6.07, 6.45) is 8.07.